The van der Waals surface area contributed by atoms with Crippen molar-refractivity contribution >= 4 is 27.3 Å². The normalized spacial score (nSPS) is 10.5. The van der Waals surface area contributed by atoms with E-state index < -0.39 is 0 Å². The van der Waals surface area contributed by atoms with Crippen molar-refractivity contribution in [2.24, 2.45) is 7.05 Å². The Labute approximate surface area is 119 Å². The number of nitro groups is 1. The van der Waals surface area contributed by atoms with E-state index in [2.05, 4.69) is 20.9 Å². The predicted octanol–water partition coefficient (Wildman–Crippen LogP) is 2.73. The molecule has 0 atom stereocenters. The van der Waals surface area contributed by atoms with Crippen molar-refractivity contribution in [1.29, 1.82) is 0 Å². The molecule has 1 heterocycles. The molecule has 0 spiro atoms. The highest BCUT2D eigenvalue weighted by atomic mass is 79.9. The van der Waals surface area contributed by atoms with Crippen LogP contribution in [0, 0.1) is 10.1 Å². The number of benzene rings is 1. The van der Waals surface area contributed by atoms with Gasteiger partial charge in [-0.1, -0.05) is 15.9 Å². The molecule has 1 aromatic heterocycles. The molecule has 0 fully saturated rings. The molecule has 0 amide bonds. The van der Waals surface area contributed by atoms with Gasteiger partial charge in [-0.2, -0.15) is 0 Å². The van der Waals surface area contributed by atoms with Gasteiger partial charge >= 0.3 is 0 Å². The molecule has 6 nitrogen and oxygen atoms in total. The molecule has 0 aliphatic carbocycles. The zero-order valence-corrected chi connectivity index (χ0v) is 12.2. The molecule has 0 N–H and O–H groups in total. The molecule has 0 bridgehead atoms. The van der Waals surface area contributed by atoms with E-state index in [4.69, 9.17) is 0 Å². The van der Waals surface area contributed by atoms with Crippen molar-refractivity contribution in [3.8, 4) is 0 Å². The van der Waals surface area contributed by atoms with Crippen LogP contribution in [0.1, 0.15) is 5.82 Å². The number of nitrogens with zero attached hydrogens (tertiary/aromatic N) is 4. The SMILES string of the molecule is CN(Cc1nccn1C)c1ccc(Br)cc1[N+](=O)[O-]. The lowest BCUT2D eigenvalue weighted by atomic mass is 10.2. The Hall–Kier alpha value is -1.89. The van der Waals surface area contributed by atoms with Crippen LogP contribution in [0.15, 0.2) is 35.1 Å². The molecular formula is C12H13BrN4O2. The molecule has 19 heavy (non-hydrogen) atoms. The minimum absolute atomic E-state index is 0.0751. The lowest BCUT2D eigenvalue weighted by Gasteiger charge is -2.18. The van der Waals surface area contributed by atoms with E-state index in [-0.39, 0.29) is 10.6 Å². The van der Waals surface area contributed by atoms with Crippen molar-refractivity contribution < 1.29 is 4.92 Å². The molecule has 0 radical (unpaired) electrons. The molecule has 2 rings (SSSR count). The smallest absolute Gasteiger partial charge is 0.293 e. The number of aromatic nitrogens is 2. The maximum atomic E-state index is 11.1. The van der Waals surface area contributed by atoms with E-state index in [1.807, 2.05) is 29.8 Å². The Bertz CT molecular complexity index is 612. The summed E-state index contributed by atoms with van der Waals surface area (Å²) >= 11 is 3.25. The van der Waals surface area contributed by atoms with Crippen LogP contribution < -0.4 is 4.90 Å². The molecular weight excluding hydrogens is 312 g/mol. The van der Waals surface area contributed by atoms with Crippen molar-refractivity contribution in [1.82, 2.24) is 9.55 Å². The summed E-state index contributed by atoms with van der Waals surface area (Å²) in [5, 5.41) is 11.1. The Morgan fingerprint density at radius 2 is 2.26 bits per heavy atom. The molecule has 0 unspecified atom stereocenters. The van der Waals surface area contributed by atoms with Crippen molar-refractivity contribution in [2.75, 3.05) is 11.9 Å². The summed E-state index contributed by atoms with van der Waals surface area (Å²) in [6, 6.07) is 5.02. The second-order valence-electron chi connectivity index (χ2n) is 4.20. The average molecular weight is 325 g/mol. The number of anilines is 1. The highest BCUT2D eigenvalue weighted by Gasteiger charge is 2.18. The van der Waals surface area contributed by atoms with Crippen molar-refractivity contribution in [3.63, 3.8) is 0 Å². The maximum absolute atomic E-state index is 11.1. The van der Waals surface area contributed by atoms with E-state index in [1.165, 1.54) is 6.07 Å². The monoisotopic (exact) mass is 324 g/mol. The zero-order chi connectivity index (χ0) is 14.0. The van der Waals surface area contributed by atoms with E-state index in [9.17, 15) is 10.1 Å². The van der Waals surface area contributed by atoms with Crippen LogP contribution in [0.4, 0.5) is 11.4 Å². The molecule has 7 heteroatoms. The van der Waals surface area contributed by atoms with Gasteiger partial charge in [-0.25, -0.2) is 4.98 Å². The first-order valence-corrected chi connectivity index (χ1v) is 6.39. The van der Waals surface area contributed by atoms with Gasteiger partial charge in [0.25, 0.3) is 5.69 Å². The third-order valence-corrected chi connectivity index (χ3v) is 3.34. The minimum Gasteiger partial charge on any atom is -0.362 e. The van der Waals surface area contributed by atoms with Gasteiger partial charge in [-0.15, -0.1) is 0 Å². The lowest BCUT2D eigenvalue weighted by Crippen LogP contribution is -2.20. The predicted molar refractivity (Wildman–Crippen MR) is 76.1 cm³/mol. The fraction of sp³-hybridized carbons (Fsp3) is 0.250. The van der Waals surface area contributed by atoms with Crippen LogP contribution in [0.5, 0.6) is 0 Å². The van der Waals surface area contributed by atoms with Crippen molar-refractivity contribution in [2.45, 2.75) is 6.54 Å². The first-order chi connectivity index (χ1) is 8.99. The van der Waals surface area contributed by atoms with Gasteiger partial charge in [-0.05, 0) is 12.1 Å². The number of aryl methyl sites for hydroxylation is 1. The Kier molecular flexibility index (Phi) is 3.84. The van der Waals surface area contributed by atoms with Gasteiger partial charge in [0, 0.05) is 37.0 Å². The van der Waals surface area contributed by atoms with Crippen molar-refractivity contribution in [3.05, 3.63) is 51.0 Å². The zero-order valence-electron chi connectivity index (χ0n) is 10.6. The first kappa shape index (κ1) is 13.5. The molecule has 0 saturated carbocycles. The third kappa shape index (κ3) is 2.93. The quantitative estimate of drug-likeness (QED) is 0.640. The molecule has 0 saturated heterocycles. The largest absolute Gasteiger partial charge is 0.362 e. The van der Waals surface area contributed by atoms with Gasteiger partial charge in [0.05, 0.1) is 11.5 Å². The van der Waals surface area contributed by atoms with E-state index >= 15 is 0 Å². The standard InChI is InChI=1S/C12H13BrN4O2/c1-15-6-5-14-12(15)8-16(2)10-4-3-9(13)7-11(10)17(18)19/h3-7H,8H2,1-2H3. The Morgan fingerprint density at radius 1 is 1.53 bits per heavy atom. The molecule has 1 aromatic carbocycles. The van der Waals surface area contributed by atoms with Gasteiger partial charge in [0.15, 0.2) is 0 Å². The first-order valence-electron chi connectivity index (χ1n) is 5.60. The number of imidazole rings is 1. The fourth-order valence-corrected chi connectivity index (χ4v) is 2.16. The Balaban J connectivity index is 2.31. The van der Waals surface area contributed by atoms with Crippen LogP contribution in [0.25, 0.3) is 0 Å². The van der Waals surface area contributed by atoms with E-state index in [0.29, 0.717) is 16.7 Å². The maximum Gasteiger partial charge on any atom is 0.293 e. The second-order valence-corrected chi connectivity index (χ2v) is 5.12. The van der Waals surface area contributed by atoms with Gasteiger partial charge in [-0.3, -0.25) is 10.1 Å². The van der Waals surface area contributed by atoms with Crippen LogP contribution in [-0.2, 0) is 13.6 Å². The highest BCUT2D eigenvalue weighted by molar-refractivity contribution is 9.10. The number of hydrogen-bond donors (Lipinski definition) is 0. The molecule has 0 aliphatic heterocycles. The second kappa shape index (κ2) is 5.40. The van der Waals surface area contributed by atoms with Gasteiger partial charge in [0.2, 0.25) is 0 Å². The van der Waals surface area contributed by atoms with E-state index in [0.717, 1.165) is 5.82 Å². The summed E-state index contributed by atoms with van der Waals surface area (Å²) in [4.78, 5) is 16.7. The van der Waals surface area contributed by atoms with Crippen LogP contribution >= 0.6 is 15.9 Å². The molecule has 0 aliphatic rings. The number of nitro benzene ring substituents is 1. The third-order valence-electron chi connectivity index (χ3n) is 2.84. The summed E-state index contributed by atoms with van der Waals surface area (Å²) in [7, 11) is 3.71. The fourth-order valence-electron chi connectivity index (χ4n) is 1.81. The van der Waals surface area contributed by atoms with Crippen LogP contribution in [0.2, 0.25) is 0 Å². The van der Waals surface area contributed by atoms with Crippen LogP contribution in [-0.4, -0.2) is 21.5 Å². The number of rotatable bonds is 4. The van der Waals surface area contributed by atoms with E-state index in [1.54, 1.807) is 18.3 Å². The minimum atomic E-state index is -0.380. The van der Waals surface area contributed by atoms with Gasteiger partial charge < -0.3 is 9.47 Å². The summed E-state index contributed by atoms with van der Waals surface area (Å²) in [6.45, 7) is 0.506. The van der Waals surface area contributed by atoms with Gasteiger partial charge in [0.1, 0.15) is 11.5 Å². The summed E-state index contributed by atoms with van der Waals surface area (Å²) in [6.07, 6.45) is 3.55. The number of hydrogen-bond acceptors (Lipinski definition) is 4. The highest BCUT2D eigenvalue weighted by Crippen LogP contribution is 2.31. The van der Waals surface area contributed by atoms with Crippen LogP contribution in [0.3, 0.4) is 0 Å². The molecule has 100 valence electrons. The summed E-state index contributed by atoms with van der Waals surface area (Å²) in [5.74, 6) is 0.847. The number of halogens is 1. The lowest BCUT2D eigenvalue weighted by molar-refractivity contribution is -0.384. The topological polar surface area (TPSA) is 64.2 Å². The Morgan fingerprint density at radius 3 is 2.84 bits per heavy atom. The summed E-state index contributed by atoms with van der Waals surface area (Å²) < 4.78 is 2.58. The molecule has 2 aromatic rings. The average Bonchev–Trinajstić information content (AvgIpc) is 2.74. The summed E-state index contributed by atoms with van der Waals surface area (Å²) in [5.41, 5.74) is 0.641.